The highest BCUT2D eigenvalue weighted by molar-refractivity contribution is 6.01. The van der Waals surface area contributed by atoms with E-state index in [1.807, 2.05) is 13.8 Å². The van der Waals surface area contributed by atoms with Crippen molar-refractivity contribution in [1.29, 1.82) is 0 Å². The predicted octanol–water partition coefficient (Wildman–Crippen LogP) is 2.78. The molecule has 0 aromatic rings. The van der Waals surface area contributed by atoms with E-state index >= 15 is 0 Å². The molecule has 3 aliphatic rings. The maximum atomic E-state index is 13.3. The van der Waals surface area contributed by atoms with Crippen LogP contribution >= 0.6 is 0 Å². The molecule has 146 valence electrons. The molecule has 0 spiro atoms. The molecule has 3 saturated carbocycles. The number of hydrogen-bond acceptors (Lipinski definition) is 5. The molecule has 3 rings (SSSR count). The first-order valence-corrected chi connectivity index (χ1v) is 9.99. The molecule has 0 aliphatic heterocycles. The molecule has 0 bridgehead atoms. The van der Waals surface area contributed by atoms with Crippen molar-refractivity contribution in [3.63, 3.8) is 0 Å². The van der Waals surface area contributed by atoms with Gasteiger partial charge in [0.25, 0.3) is 0 Å². The number of esters is 1. The number of aliphatic hydroxyl groups excluding tert-OH is 1. The Morgan fingerprint density at radius 1 is 1.19 bits per heavy atom. The molecule has 3 fully saturated rings. The second-order valence-corrected chi connectivity index (χ2v) is 9.61. The Balaban J connectivity index is 2.05. The Morgan fingerprint density at radius 2 is 1.85 bits per heavy atom. The van der Waals surface area contributed by atoms with Crippen LogP contribution in [-0.2, 0) is 19.1 Å². The fourth-order valence-corrected chi connectivity index (χ4v) is 6.11. The molecule has 3 aliphatic carbocycles. The Labute approximate surface area is 155 Å². The lowest BCUT2D eigenvalue weighted by Gasteiger charge is -2.56. The van der Waals surface area contributed by atoms with Crippen molar-refractivity contribution < 1.29 is 24.2 Å². The van der Waals surface area contributed by atoms with Crippen molar-refractivity contribution in [3.05, 3.63) is 0 Å². The monoisotopic (exact) mass is 364 g/mol. The van der Waals surface area contributed by atoms with Crippen molar-refractivity contribution in [2.45, 2.75) is 72.5 Å². The average Bonchev–Trinajstić information content (AvgIpc) is 2.51. The smallest absolute Gasteiger partial charge is 0.302 e. The minimum absolute atomic E-state index is 0.0372. The quantitative estimate of drug-likeness (QED) is 0.762. The van der Waals surface area contributed by atoms with Gasteiger partial charge in [0.05, 0.1) is 11.8 Å². The molecular formula is C21H32O5. The summed E-state index contributed by atoms with van der Waals surface area (Å²) in [7, 11) is 0. The molecule has 0 amide bonds. The van der Waals surface area contributed by atoms with E-state index in [0.29, 0.717) is 6.42 Å². The van der Waals surface area contributed by atoms with Crippen LogP contribution in [0.2, 0.25) is 0 Å². The lowest BCUT2D eigenvalue weighted by atomic mass is 9.49. The van der Waals surface area contributed by atoms with Crippen LogP contribution in [0.25, 0.3) is 0 Å². The second-order valence-electron chi connectivity index (χ2n) is 9.61. The lowest BCUT2D eigenvalue weighted by molar-refractivity contribution is -0.184. The van der Waals surface area contributed by atoms with Gasteiger partial charge in [0.1, 0.15) is 18.0 Å². The van der Waals surface area contributed by atoms with Gasteiger partial charge in [-0.05, 0) is 42.4 Å². The summed E-state index contributed by atoms with van der Waals surface area (Å²) < 4.78 is 5.59. The molecule has 0 radical (unpaired) electrons. The zero-order chi connectivity index (χ0) is 19.4. The van der Waals surface area contributed by atoms with E-state index in [4.69, 9.17) is 4.74 Å². The van der Waals surface area contributed by atoms with Crippen LogP contribution in [0.5, 0.6) is 0 Å². The third-order valence-corrected chi connectivity index (χ3v) is 7.27. The molecule has 0 aromatic carbocycles. The number of Topliss-reactive ketones (excluding diaryl/α,β-unsaturated/α-hetero) is 2. The largest absolute Gasteiger partial charge is 0.462 e. The number of ether oxygens (including phenoxy) is 1. The van der Waals surface area contributed by atoms with Crippen LogP contribution in [0.1, 0.15) is 60.3 Å². The van der Waals surface area contributed by atoms with Gasteiger partial charge in [0.2, 0.25) is 0 Å². The maximum absolute atomic E-state index is 13.3. The number of fused-ring (bicyclic) bond motifs is 3. The first kappa shape index (κ1) is 19.5. The third kappa shape index (κ3) is 3.02. The highest BCUT2D eigenvalue weighted by atomic mass is 16.5. The van der Waals surface area contributed by atoms with Gasteiger partial charge in [0.15, 0.2) is 5.78 Å². The summed E-state index contributed by atoms with van der Waals surface area (Å²) in [4.78, 5) is 38.2. The maximum Gasteiger partial charge on any atom is 0.302 e. The number of rotatable bonds is 2. The Kier molecular flexibility index (Phi) is 5.06. The Hall–Kier alpha value is -1.23. The van der Waals surface area contributed by atoms with Crippen LogP contribution in [0.3, 0.4) is 0 Å². The predicted molar refractivity (Wildman–Crippen MR) is 96.1 cm³/mol. The van der Waals surface area contributed by atoms with Gasteiger partial charge in [0, 0.05) is 12.8 Å². The number of carbonyl (C=O) groups excluding carboxylic acids is 3. The van der Waals surface area contributed by atoms with Crippen molar-refractivity contribution in [3.8, 4) is 0 Å². The third-order valence-electron chi connectivity index (χ3n) is 7.27. The topological polar surface area (TPSA) is 80.7 Å². The molecule has 0 heterocycles. The average molecular weight is 364 g/mol. The molecule has 5 heteroatoms. The van der Waals surface area contributed by atoms with E-state index in [-0.39, 0.29) is 34.7 Å². The fraction of sp³-hybridized carbons (Fsp3) is 0.857. The highest BCUT2D eigenvalue weighted by Gasteiger charge is 2.61. The fourth-order valence-electron chi connectivity index (χ4n) is 6.11. The van der Waals surface area contributed by atoms with Gasteiger partial charge in [-0.1, -0.05) is 34.1 Å². The van der Waals surface area contributed by atoms with Gasteiger partial charge in [-0.3, -0.25) is 14.4 Å². The summed E-state index contributed by atoms with van der Waals surface area (Å²) in [6.45, 7) is 9.48. The van der Waals surface area contributed by atoms with Gasteiger partial charge in [-0.15, -0.1) is 0 Å². The van der Waals surface area contributed by atoms with Gasteiger partial charge in [-0.2, -0.15) is 0 Å². The highest BCUT2D eigenvalue weighted by Crippen LogP contribution is 2.57. The zero-order valence-electron chi connectivity index (χ0n) is 16.5. The van der Waals surface area contributed by atoms with Crippen LogP contribution in [0, 0.1) is 40.9 Å². The zero-order valence-corrected chi connectivity index (χ0v) is 16.5. The molecule has 1 N–H and O–H groups in total. The minimum Gasteiger partial charge on any atom is -0.462 e. The summed E-state index contributed by atoms with van der Waals surface area (Å²) in [5.41, 5.74) is 0.0372. The van der Waals surface area contributed by atoms with Gasteiger partial charge < -0.3 is 9.84 Å². The van der Waals surface area contributed by atoms with E-state index < -0.39 is 35.9 Å². The van der Waals surface area contributed by atoms with Crippen molar-refractivity contribution in [2.24, 2.45) is 40.9 Å². The Morgan fingerprint density at radius 3 is 2.42 bits per heavy atom. The molecule has 5 nitrogen and oxygen atoms in total. The van der Waals surface area contributed by atoms with Crippen LogP contribution in [-0.4, -0.2) is 34.9 Å². The van der Waals surface area contributed by atoms with Gasteiger partial charge in [-0.25, -0.2) is 0 Å². The number of ketones is 2. The number of carbonyl (C=O) groups is 3. The summed E-state index contributed by atoms with van der Waals surface area (Å²) in [5.74, 6) is -2.34. The minimum atomic E-state index is -1.23. The Bertz CT molecular complexity index is 608. The lowest BCUT2D eigenvalue weighted by Crippen LogP contribution is -2.63. The molecule has 0 aromatic heterocycles. The molecule has 0 unspecified atom stereocenters. The number of aliphatic hydroxyl groups is 1. The SMILES string of the molecule is CC(=O)O[C@H]1C[C@@H]2[C@@H](CCCC2(C)C)[C@H]2C(=O)[C@@H](O)[C@@H](C(C)C)C(=O)[C@H]21. The summed E-state index contributed by atoms with van der Waals surface area (Å²) in [6.07, 6.45) is 1.85. The van der Waals surface area contributed by atoms with E-state index in [2.05, 4.69) is 13.8 Å². The summed E-state index contributed by atoms with van der Waals surface area (Å²) in [5, 5.41) is 10.6. The van der Waals surface area contributed by atoms with Crippen molar-refractivity contribution in [2.75, 3.05) is 0 Å². The molecular weight excluding hydrogens is 332 g/mol. The van der Waals surface area contributed by atoms with Gasteiger partial charge >= 0.3 is 5.97 Å². The van der Waals surface area contributed by atoms with Crippen LogP contribution in [0.15, 0.2) is 0 Å². The van der Waals surface area contributed by atoms with E-state index in [1.165, 1.54) is 6.92 Å². The molecule has 0 saturated heterocycles. The second kappa shape index (κ2) is 6.74. The van der Waals surface area contributed by atoms with E-state index in [0.717, 1.165) is 19.3 Å². The van der Waals surface area contributed by atoms with Crippen LogP contribution < -0.4 is 0 Å². The summed E-state index contributed by atoms with van der Waals surface area (Å²) >= 11 is 0. The van der Waals surface area contributed by atoms with E-state index in [1.54, 1.807) is 0 Å². The van der Waals surface area contributed by atoms with Crippen LogP contribution in [0.4, 0.5) is 0 Å². The standard InChI is InChI=1S/C21H32O5/c1-10(2)15-18(23)17-14(26-11(3)22)9-13-12(7-6-8-21(13,4)5)16(17)20(25)19(15)24/h10,12-17,19,24H,6-9H2,1-5H3/t12-,13-,14+,15+,16-,17+,19+/m1/s1. The van der Waals surface area contributed by atoms with Crippen molar-refractivity contribution >= 4 is 17.5 Å². The summed E-state index contributed by atoms with van der Waals surface area (Å²) in [6, 6.07) is 0. The molecule has 7 atom stereocenters. The van der Waals surface area contributed by atoms with E-state index in [9.17, 15) is 19.5 Å². The number of hydrogen-bond donors (Lipinski definition) is 1. The first-order valence-electron chi connectivity index (χ1n) is 9.99. The first-order chi connectivity index (χ1) is 12.1. The van der Waals surface area contributed by atoms with Crippen molar-refractivity contribution in [1.82, 2.24) is 0 Å². The molecule has 26 heavy (non-hydrogen) atoms. The normalized spacial score (nSPS) is 42.2.